The SMILES string of the molecule is S=C(NCc1cn(-c2ccccc2)nc1-c1ccccc1)Nc1cc(Cl)cc(Cl)c1. The van der Waals surface area contributed by atoms with Crippen LogP contribution in [0.3, 0.4) is 0 Å². The summed E-state index contributed by atoms with van der Waals surface area (Å²) in [5.41, 5.74) is 4.70. The molecule has 4 aromatic rings. The summed E-state index contributed by atoms with van der Waals surface area (Å²) in [4.78, 5) is 0. The molecule has 1 aromatic heterocycles. The zero-order valence-electron chi connectivity index (χ0n) is 15.8. The molecule has 4 nitrogen and oxygen atoms in total. The molecule has 0 unspecified atom stereocenters. The third-order valence-corrected chi connectivity index (χ3v) is 5.10. The fourth-order valence-electron chi connectivity index (χ4n) is 3.07. The molecule has 150 valence electrons. The molecule has 0 fully saturated rings. The lowest BCUT2D eigenvalue weighted by Crippen LogP contribution is -2.27. The van der Waals surface area contributed by atoms with Gasteiger partial charge in [0.2, 0.25) is 0 Å². The van der Waals surface area contributed by atoms with Gasteiger partial charge in [-0.3, -0.25) is 0 Å². The van der Waals surface area contributed by atoms with E-state index in [1.165, 1.54) is 0 Å². The average Bonchev–Trinajstić information content (AvgIpc) is 3.17. The van der Waals surface area contributed by atoms with E-state index in [9.17, 15) is 0 Å². The zero-order valence-corrected chi connectivity index (χ0v) is 18.2. The van der Waals surface area contributed by atoms with Crippen molar-refractivity contribution in [2.45, 2.75) is 6.54 Å². The van der Waals surface area contributed by atoms with Crippen molar-refractivity contribution in [2.24, 2.45) is 0 Å². The van der Waals surface area contributed by atoms with E-state index in [1.54, 1.807) is 18.2 Å². The van der Waals surface area contributed by atoms with Crippen LogP contribution in [0.15, 0.2) is 85.1 Å². The van der Waals surface area contributed by atoms with Crippen LogP contribution in [0.4, 0.5) is 5.69 Å². The second kappa shape index (κ2) is 9.30. The molecule has 1 heterocycles. The van der Waals surface area contributed by atoms with Crippen LogP contribution < -0.4 is 10.6 Å². The van der Waals surface area contributed by atoms with E-state index >= 15 is 0 Å². The molecule has 0 saturated carbocycles. The zero-order chi connectivity index (χ0) is 20.9. The molecule has 0 atom stereocenters. The summed E-state index contributed by atoms with van der Waals surface area (Å²) < 4.78 is 1.88. The van der Waals surface area contributed by atoms with Gasteiger partial charge in [0.25, 0.3) is 0 Å². The van der Waals surface area contributed by atoms with Crippen LogP contribution in [-0.2, 0) is 6.54 Å². The van der Waals surface area contributed by atoms with Crippen LogP contribution in [0.5, 0.6) is 0 Å². The molecule has 0 spiro atoms. The summed E-state index contributed by atoms with van der Waals surface area (Å²) >= 11 is 17.6. The number of rotatable bonds is 5. The van der Waals surface area contributed by atoms with Gasteiger partial charge in [-0.15, -0.1) is 0 Å². The number of thiocarbonyl (C=S) groups is 1. The molecule has 3 aromatic carbocycles. The van der Waals surface area contributed by atoms with Crippen molar-refractivity contribution in [3.8, 4) is 16.9 Å². The lowest BCUT2D eigenvalue weighted by molar-refractivity contribution is 0.879. The Bertz CT molecular complexity index is 1140. The highest BCUT2D eigenvalue weighted by Gasteiger charge is 2.12. The van der Waals surface area contributed by atoms with Crippen LogP contribution in [-0.4, -0.2) is 14.9 Å². The molecule has 4 rings (SSSR count). The summed E-state index contributed by atoms with van der Waals surface area (Å²) in [6, 6.07) is 25.3. The molecule has 2 N–H and O–H groups in total. The first-order chi connectivity index (χ1) is 14.6. The molecule has 30 heavy (non-hydrogen) atoms. The average molecular weight is 453 g/mol. The fraction of sp³-hybridized carbons (Fsp3) is 0.0435. The molecule has 0 aliphatic rings. The molecule has 0 aliphatic heterocycles. The van der Waals surface area contributed by atoms with Gasteiger partial charge in [-0.05, 0) is 42.5 Å². The summed E-state index contributed by atoms with van der Waals surface area (Å²) in [5.74, 6) is 0. The normalized spacial score (nSPS) is 10.6. The number of anilines is 1. The predicted octanol–water partition coefficient (Wildman–Crippen LogP) is 6.33. The van der Waals surface area contributed by atoms with Crippen molar-refractivity contribution in [1.82, 2.24) is 15.1 Å². The Hall–Kier alpha value is -2.86. The Morgan fingerprint density at radius 3 is 2.20 bits per heavy atom. The Kier molecular flexibility index (Phi) is 6.33. The Balaban J connectivity index is 1.55. The maximum absolute atomic E-state index is 6.06. The Morgan fingerprint density at radius 2 is 1.53 bits per heavy atom. The van der Waals surface area contributed by atoms with Crippen molar-refractivity contribution < 1.29 is 0 Å². The molecule has 0 saturated heterocycles. The maximum atomic E-state index is 6.06. The predicted molar refractivity (Wildman–Crippen MR) is 129 cm³/mol. The van der Waals surface area contributed by atoms with E-state index < -0.39 is 0 Å². The van der Waals surface area contributed by atoms with Gasteiger partial charge in [0, 0.05) is 39.6 Å². The topological polar surface area (TPSA) is 41.9 Å². The third kappa shape index (κ3) is 5.00. The number of halogens is 2. The molecule has 0 bridgehead atoms. The number of nitrogens with one attached hydrogen (secondary N) is 2. The maximum Gasteiger partial charge on any atom is 0.171 e. The number of hydrogen-bond acceptors (Lipinski definition) is 2. The van der Waals surface area contributed by atoms with Crippen molar-refractivity contribution >= 4 is 46.2 Å². The minimum Gasteiger partial charge on any atom is -0.358 e. The van der Waals surface area contributed by atoms with Gasteiger partial charge >= 0.3 is 0 Å². The molecule has 0 amide bonds. The number of para-hydroxylation sites is 1. The molecule has 0 radical (unpaired) electrons. The van der Waals surface area contributed by atoms with E-state index in [1.807, 2.05) is 71.5 Å². The lowest BCUT2D eigenvalue weighted by Gasteiger charge is -2.11. The first kappa shape index (κ1) is 20.4. The minimum absolute atomic E-state index is 0.472. The van der Waals surface area contributed by atoms with Crippen molar-refractivity contribution in [1.29, 1.82) is 0 Å². The molecule has 7 heteroatoms. The van der Waals surface area contributed by atoms with Crippen molar-refractivity contribution in [2.75, 3.05) is 5.32 Å². The molecule has 0 aliphatic carbocycles. The van der Waals surface area contributed by atoms with Crippen LogP contribution in [0.1, 0.15) is 5.56 Å². The monoisotopic (exact) mass is 452 g/mol. The van der Waals surface area contributed by atoms with Crippen molar-refractivity contribution in [3.63, 3.8) is 0 Å². The van der Waals surface area contributed by atoms with E-state index in [4.69, 9.17) is 40.5 Å². The fourth-order valence-corrected chi connectivity index (χ4v) is 3.78. The lowest BCUT2D eigenvalue weighted by atomic mass is 10.1. The second-order valence-electron chi connectivity index (χ2n) is 6.61. The first-order valence-electron chi connectivity index (χ1n) is 9.29. The van der Waals surface area contributed by atoms with Gasteiger partial charge < -0.3 is 10.6 Å². The number of hydrogen-bond donors (Lipinski definition) is 2. The highest BCUT2D eigenvalue weighted by atomic mass is 35.5. The van der Waals surface area contributed by atoms with Crippen LogP contribution in [0.2, 0.25) is 10.0 Å². The van der Waals surface area contributed by atoms with E-state index in [0.29, 0.717) is 21.7 Å². The molecular formula is C23H18Cl2N4S. The van der Waals surface area contributed by atoms with E-state index in [0.717, 1.165) is 28.2 Å². The van der Waals surface area contributed by atoms with Gasteiger partial charge in [0.05, 0.1) is 11.4 Å². The van der Waals surface area contributed by atoms with Crippen LogP contribution in [0, 0.1) is 0 Å². The molecular weight excluding hydrogens is 435 g/mol. The number of aromatic nitrogens is 2. The van der Waals surface area contributed by atoms with Gasteiger partial charge in [-0.2, -0.15) is 5.10 Å². The van der Waals surface area contributed by atoms with Gasteiger partial charge in [0.1, 0.15) is 0 Å². The summed E-state index contributed by atoms with van der Waals surface area (Å²) in [6.07, 6.45) is 2.02. The Morgan fingerprint density at radius 1 is 0.900 bits per heavy atom. The minimum atomic E-state index is 0.472. The highest BCUT2D eigenvalue weighted by molar-refractivity contribution is 7.80. The van der Waals surface area contributed by atoms with Gasteiger partial charge in [0.15, 0.2) is 5.11 Å². The van der Waals surface area contributed by atoms with Crippen molar-refractivity contribution in [3.05, 3.63) is 101 Å². The summed E-state index contributed by atoms with van der Waals surface area (Å²) in [5, 5.41) is 12.7. The standard InChI is InChI=1S/C23H18Cl2N4S/c24-18-11-19(25)13-20(12-18)27-23(30)26-14-17-15-29(21-9-5-2-6-10-21)28-22(17)16-7-3-1-4-8-16/h1-13,15H,14H2,(H2,26,27,30). The highest BCUT2D eigenvalue weighted by Crippen LogP contribution is 2.24. The van der Waals surface area contributed by atoms with Crippen LogP contribution >= 0.6 is 35.4 Å². The van der Waals surface area contributed by atoms with E-state index in [2.05, 4.69) is 10.6 Å². The number of nitrogens with zero attached hydrogens (tertiary/aromatic N) is 2. The van der Waals surface area contributed by atoms with E-state index in [-0.39, 0.29) is 0 Å². The quantitative estimate of drug-likeness (QED) is 0.347. The largest absolute Gasteiger partial charge is 0.358 e. The summed E-state index contributed by atoms with van der Waals surface area (Å²) in [7, 11) is 0. The summed E-state index contributed by atoms with van der Waals surface area (Å²) in [6.45, 7) is 0.511. The van der Waals surface area contributed by atoms with Crippen LogP contribution in [0.25, 0.3) is 16.9 Å². The third-order valence-electron chi connectivity index (χ3n) is 4.42. The Labute approximate surface area is 190 Å². The number of benzene rings is 3. The van der Waals surface area contributed by atoms with Gasteiger partial charge in [-0.1, -0.05) is 71.7 Å². The second-order valence-corrected chi connectivity index (χ2v) is 7.90. The first-order valence-corrected chi connectivity index (χ1v) is 10.5. The van der Waals surface area contributed by atoms with Gasteiger partial charge in [-0.25, -0.2) is 4.68 Å². The smallest absolute Gasteiger partial charge is 0.171 e.